The molecule has 0 radical (unpaired) electrons. The zero-order chi connectivity index (χ0) is 13.5. The van der Waals surface area contributed by atoms with Gasteiger partial charge in [-0.15, -0.1) is 0 Å². The molecule has 2 aliphatic carbocycles. The number of para-hydroxylation sites is 1. The highest BCUT2D eigenvalue weighted by Gasteiger charge is 2.39. The van der Waals surface area contributed by atoms with Crippen LogP contribution in [0, 0.1) is 11.8 Å². The molecule has 4 atom stereocenters. The van der Waals surface area contributed by atoms with E-state index in [-0.39, 0.29) is 6.04 Å². The molecule has 3 aliphatic rings. The summed E-state index contributed by atoms with van der Waals surface area (Å²) in [7, 11) is 0. The van der Waals surface area contributed by atoms with E-state index in [0.29, 0.717) is 12.6 Å². The van der Waals surface area contributed by atoms with E-state index in [0.717, 1.165) is 22.7 Å². The first kappa shape index (κ1) is 12.5. The third-order valence-electron chi connectivity index (χ3n) is 5.06. The Hall–Kier alpha value is -1.29. The van der Waals surface area contributed by atoms with E-state index in [1.165, 1.54) is 31.2 Å². The summed E-state index contributed by atoms with van der Waals surface area (Å²) in [6.07, 6.45) is 5.49. The Balaban J connectivity index is 1.37. The van der Waals surface area contributed by atoms with Gasteiger partial charge >= 0.3 is 0 Å². The van der Waals surface area contributed by atoms with Crippen LogP contribution in [0.2, 0.25) is 0 Å². The second-order valence-electron chi connectivity index (χ2n) is 6.30. The van der Waals surface area contributed by atoms with E-state index in [9.17, 15) is 0 Å². The van der Waals surface area contributed by atoms with E-state index in [4.69, 9.17) is 17.0 Å². The molecular weight excluding hydrogens is 268 g/mol. The molecule has 0 aromatic heterocycles. The van der Waals surface area contributed by atoms with Crippen molar-refractivity contribution in [1.82, 2.24) is 10.6 Å². The predicted molar refractivity (Wildman–Crippen MR) is 82.8 cm³/mol. The Morgan fingerprint density at radius 1 is 1.15 bits per heavy atom. The average Bonchev–Trinajstić information content (AvgIpc) is 3.14. The molecule has 1 aliphatic heterocycles. The Kier molecular flexibility index (Phi) is 3.06. The van der Waals surface area contributed by atoms with Gasteiger partial charge in [-0.2, -0.15) is 0 Å². The number of benzene rings is 1. The molecule has 1 aromatic carbocycles. The summed E-state index contributed by atoms with van der Waals surface area (Å²) < 4.78 is 5.68. The minimum absolute atomic E-state index is 0.185. The normalized spacial score (nSPS) is 33.6. The molecule has 0 unspecified atom stereocenters. The molecule has 0 amide bonds. The fraction of sp³-hybridized carbons (Fsp3) is 0.562. The fourth-order valence-corrected chi connectivity index (χ4v) is 4.37. The lowest BCUT2D eigenvalue weighted by molar-refractivity contribution is 0.322. The Morgan fingerprint density at radius 2 is 2.05 bits per heavy atom. The molecule has 2 bridgehead atoms. The molecule has 1 aromatic rings. The maximum absolute atomic E-state index is 5.68. The number of ether oxygens (including phenoxy) is 1. The van der Waals surface area contributed by atoms with Crippen molar-refractivity contribution >= 4 is 17.3 Å². The third kappa shape index (κ3) is 2.16. The van der Waals surface area contributed by atoms with Crippen LogP contribution in [0.1, 0.15) is 37.3 Å². The van der Waals surface area contributed by atoms with Gasteiger partial charge in [0.1, 0.15) is 12.4 Å². The van der Waals surface area contributed by atoms with Crippen molar-refractivity contribution in [1.29, 1.82) is 0 Å². The smallest absolute Gasteiger partial charge is 0.167 e. The summed E-state index contributed by atoms with van der Waals surface area (Å²) in [5.74, 6) is 2.76. The molecule has 0 saturated heterocycles. The van der Waals surface area contributed by atoms with Crippen molar-refractivity contribution < 1.29 is 4.74 Å². The highest BCUT2D eigenvalue weighted by Crippen LogP contribution is 2.44. The van der Waals surface area contributed by atoms with E-state index in [1.807, 2.05) is 12.1 Å². The summed E-state index contributed by atoms with van der Waals surface area (Å²) in [5, 5.41) is 7.73. The highest BCUT2D eigenvalue weighted by atomic mass is 32.1. The monoisotopic (exact) mass is 288 g/mol. The molecule has 1 heterocycles. The Bertz CT molecular complexity index is 533. The first-order valence-electron chi connectivity index (χ1n) is 7.58. The highest BCUT2D eigenvalue weighted by molar-refractivity contribution is 7.80. The molecular formula is C16H20N2OS. The summed E-state index contributed by atoms with van der Waals surface area (Å²) in [6.45, 7) is 0.665. The van der Waals surface area contributed by atoms with Crippen molar-refractivity contribution in [2.45, 2.75) is 37.8 Å². The van der Waals surface area contributed by atoms with Gasteiger partial charge in [0.05, 0.1) is 6.04 Å². The standard InChI is InChI=1S/C16H20N2OS/c20-16(17-13-8-10-5-6-11(13)7-10)18-14-9-19-15-4-2-1-3-12(14)15/h1-4,10-11,13-14H,5-9H2,(H2,17,18,20)/t10-,11-,13+,14-/m0/s1. The topological polar surface area (TPSA) is 33.3 Å². The van der Waals surface area contributed by atoms with E-state index >= 15 is 0 Å². The lowest BCUT2D eigenvalue weighted by atomic mass is 9.95. The fourth-order valence-electron chi connectivity index (χ4n) is 4.07. The van der Waals surface area contributed by atoms with Crippen LogP contribution < -0.4 is 15.4 Å². The molecule has 4 rings (SSSR count). The molecule has 3 nitrogen and oxygen atoms in total. The van der Waals surface area contributed by atoms with Crippen LogP contribution in [0.5, 0.6) is 5.75 Å². The number of nitrogens with one attached hydrogen (secondary N) is 2. The van der Waals surface area contributed by atoms with Gasteiger partial charge < -0.3 is 15.4 Å². The van der Waals surface area contributed by atoms with Gasteiger partial charge in [0.25, 0.3) is 0 Å². The maximum Gasteiger partial charge on any atom is 0.167 e. The minimum Gasteiger partial charge on any atom is -0.491 e. The number of hydrogen-bond donors (Lipinski definition) is 2. The van der Waals surface area contributed by atoms with E-state index < -0.39 is 0 Å². The zero-order valence-electron chi connectivity index (χ0n) is 11.5. The minimum atomic E-state index is 0.185. The van der Waals surface area contributed by atoms with Gasteiger partial charge in [-0.1, -0.05) is 24.6 Å². The third-order valence-corrected chi connectivity index (χ3v) is 5.30. The zero-order valence-corrected chi connectivity index (χ0v) is 12.3. The van der Waals surface area contributed by atoms with Gasteiger partial charge in [0.2, 0.25) is 0 Å². The lowest BCUT2D eigenvalue weighted by Gasteiger charge is -2.25. The van der Waals surface area contributed by atoms with Gasteiger partial charge in [-0.05, 0) is 49.4 Å². The molecule has 2 fully saturated rings. The Labute approximate surface area is 125 Å². The second-order valence-corrected chi connectivity index (χ2v) is 6.71. The van der Waals surface area contributed by atoms with Crippen LogP contribution in [0.15, 0.2) is 24.3 Å². The van der Waals surface area contributed by atoms with Crippen molar-refractivity contribution in [2.24, 2.45) is 11.8 Å². The summed E-state index contributed by atoms with van der Waals surface area (Å²) >= 11 is 5.49. The maximum atomic E-state index is 5.68. The van der Waals surface area contributed by atoms with Crippen molar-refractivity contribution in [2.75, 3.05) is 6.61 Å². The number of thiocarbonyl (C=S) groups is 1. The molecule has 0 spiro atoms. The van der Waals surface area contributed by atoms with Crippen LogP contribution in [0.25, 0.3) is 0 Å². The largest absolute Gasteiger partial charge is 0.491 e. The summed E-state index contributed by atoms with van der Waals surface area (Å²) in [6, 6.07) is 8.96. The van der Waals surface area contributed by atoms with Gasteiger partial charge in [0.15, 0.2) is 5.11 Å². The van der Waals surface area contributed by atoms with Crippen LogP contribution in [0.4, 0.5) is 0 Å². The number of fused-ring (bicyclic) bond motifs is 3. The first-order chi connectivity index (χ1) is 9.79. The number of rotatable bonds is 2. The van der Waals surface area contributed by atoms with Gasteiger partial charge in [0, 0.05) is 11.6 Å². The van der Waals surface area contributed by atoms with Crippen LogP contribution >= 0.6 is 12.2 Å². The summed E-state index contributed by atoms with van der Waals surface area (Å²) in [5.41, 5.74) is 1.21. The quantitative estimate of drug-likeness (QED) is 0.820. The van der Waals surface area contributed by atoms with Crippen molar-refractivity contribution in [3.8, 4) is 5.75 Å². The Morgan fingerprint density at radius 3 is 2.85 bits per heavy atom. The molecule has 2 N–H and O–H groups in total. The molecule has 106 valence electrons. The van der Waals surface area contributed by atoms with E-state index in [2.05, 4.69) is 22.8 Å². The van der Waals surface area contributed by atoms with Crippen LogP contribution in [0.3, 0.4) is 0 Å². The SMILES string of the molecule is S=C(N[C@H]1COc2ccccc21)N[C@@H]1C[C@H]2CC[C@H]1C2. The molecule has 20 heavy (non-hydrogen) atoms. The predicted octanol–water partition coefficient (Wildman–Crippen LogP) is 2.77. The molecule has 2 saturated carbocycles. The van der Waals surface area contributed by atoms with Crippen LogP contribution in [-0.4, -0.2) is 17.8 Å². The number of hydrogen-bond acceptors (Lipinski definition) is 2. The second kappa shape index (κ2) is 4.92. The van der Waals surface area contributed by atoms with Gasteiger partial charge in [-0.25, -0.2) is 0 Å². The summed E-state index contributed by atoms with van der Waals surface area (Å²) in [4.78, 5) is 0. The average molecular weight is 288 g/mol. The van der Waals surface area contributed by atoms with Crippen molar-refractivity contribution in [3.05, 3.63) is 29.8 Å². The van der Waals surface area contributed by atoms with Crippen LogP contribution in [-0.2, 0) is 0 Å². The lowest BCUT2D eigenvalue weighted by Crippen LogP contribution is -2.45. The molecule has 4 heteroatoms. The first-order valence-corrected chi connectivity index (χ1v) is 7.99. The van der Waals surface area contributed by atoms with Gasteiger partial charge in [-0.3, -0.25) is 0 Å². The van der Waals surface area contributed by atoms with Crippen molar-refractivity contribution in [3.63, 3.8) is 0 Å². The van der Waals surface area contributed by atoms with E-state index in [1.54, 1.807) is 0 Å².